The Morgan fingerprint density at radius 2 is 2.00 bits per heavy atom. The van der Waals surface area contributed by atoms with Crippen molar-refractivity contribution in [2.24, 2.45) is 11.1 Å². The van der Waals surface area contributed by atoms with Crippen molar-refractivity contribution in [1.29, 1.82) is 0 Å². The zero-order chi connectivity index (χ0) is 12.6. The van der Waals surface area contributed by atoms with Crippen molar-refractivity contribution in [2.75, 3.05) is 32.7 Å². The van der Waals surface area contributed by atoms with Crippen LogP contribution >= 0.6 is 0 Å². The molecule has 0 aliphatic carbocycles. The van der Waals surface area contributed by atoms with Gasteiger partial charge in [-0.2, -0.15) is 0 Å². The molecule has 0 bridgehead atoms. The van der Waals surface area contributed by atoms with Crippen LogP contribution in [0.4, 0.5) is 0 Å². The summed E-state index contributed by atoms with van der Waals surface area (Å²) in [5, 5.41) is 2.83. The minimum Gasteiger partial charge on any atom is -0.355 e. The Bertz CT molecular complexity index is 204. The van der Waals surface area contributed by atoms with Gasteiger partial charge in [-0.25, -0.2) is 0 Å². The van der Waals surface area contributed by atoms with Gasteiger partial charge in [-0.05, 0) is 24.9 Å². The first kappa shape index (κ1) is 15.4. The summed E-state index contributed by atoms with van der Waals surface area (Å²) in [7, 11) is 0. The van der Waals surface area contributed by atoms with E-state index in [2.05, 4.69) is 31.0 Å². The number of carbonyl (C=O) groups excluding carboxylic acids is 1. The van der Waals surface area contributed by atoms with E-state index in [0.717, 1.165) is 32.6 Å². The maximum absolute atomic E-state index is 10.8. The number of rotatable bonds is 8. The first-order valence-electron chi connectivity index (χ1n) is 6.08. The smallest absolute Gasteiger partial charge is 0.216 e. The number of nitrogens with zero attached hydrogens (tertiary/aromatic N) is 1. The van der Waals surface area contributed by atoms with E-state index < -0.39 is 0 Å². The summed E-state index contributed by atoms with van der Waals surface area (Å²) < 4.78 is 0. The van der Waals surface area contributed by atoms with Crippen LogP contribution < -0.4 is 11.1 Å². The highest BCUT2D eigenvalue weighted by atomic mass is 16.1. The predicted molar refractivity (Wildman–Crippen MR) is 68.3 cm³/mol. The van der Waals surface area contributed by atoms with E-state index in [1.165, 1.54) is 0 Å². The molecule has 0 radical (unpaired) electrons. The van der Waals surface area contributed by atoms with Gasteiger partial charge in [0.1, 0.15) is 0 Å². The normalized spacial score (nSPS) is 11.9. The summed E-state index contributed by atoms with van der Waals surface area (Å²) in [6.07, 6.45) is 1.13. The lowest BCUT2D eigenvalue weighted by Gasteiger charge is -2.31. The molecule has 3 N–H and O–H groups in total. The van der Waals surface area contributed by atoms with E-state index in [-0.39, 0.29) is 11.3 Å². The van der Waals surface area contributed by atoms with Gasteiger partial charge in [0.25, 0.3) is 0 Å². The standard InChI is InChI=1S/C12H27N3O/c1-5-7-15(8-6-14-11(2)16)10-12(3,4)9-13/h5-10,13H2,1-4H3,(H,14,16). The summed E-state index contributed by atoms with van der Waals surface area (Å²) in [5.41, 5.74) is 5.88. The molecule has 0 atom stereocenters. The molecular formula is C12H27N3O. The van der Waals surface area contributed by atoms with Crippen LogP contribution in [0.5, 0.6) is 0 Å². The Hall–Kier alpha value is -0.610. The third-order valence-corrected chi connectivity index (χ3v) is 2.55. The highest BCUT2D eigenvalue weighted by molar-refractivity contribution is 5.72. The van der Waals surface area contributed by atoms with Gasteiger partial charge in [-0.1, -0.05) is 20.8 Å². The van der Waals surface area contributed by atoms with Crippen LogP contribution in [0.2, 0.25) is 0 Å². The topological polar surface area (TPSA) is 58.4 Å². The molecule has 0 saturated carbocycles. The number of amides is 1. The average molecular weight is 229 g/mol. The van der Waals surface area contributed by atoms with Crippen LogP contribution in [0, 0.1) is 5.41 Å². The van der Waals surface area contributed by atoms with Crippen LogP contribution in [-0.2, 0) is 4.79 Å². The molecule has 0 aromatic rings. The molecule has 0 rings (SSSR count). The molecule has 0 aliphatic rings. The number of carbonyl (C=O) groups is 1. The molecular weight excluding hydrogens is 202 g/mol. The van der Waals surface area contributed by atoms with Gasteiger partial charge in [0.2, 0.25) is 5.91 Å². The number of nitrogens with two attached hydrogens (primary N) is 1. The van der Waals surface area contributed by atoms with Crippen LogP contribution in [0.25, 0.3) is 0 Å². The largest absolute Gasteiger partial charge is 0.355 e. The van der Waals surface area contributed by atoms with Crippen LogP contribution in [0.3, 0.4) is 0 Å². The molecule has 4 nitrogen and oxygen atoms in total. The fourth-order valence-electron chi connectivity index (χ4n) is 1.65. The minimum absolute atomic E-state index is 0.0366. The van der Waals surface area contributed by atoms with Crippen LogP contribution in [0.15, 0.2) is 0 Å². The van der Waals surface area contributed by atoms with Gasteiger partial charge in [0, 0.05) is 26.6 Å². The number of hydrogen-bond donors (Lipinski definition) is 2. The fraction of sp³-hybridized carbons (Fsp3) is 0.917. The van der Waals surface area contributed by atoms with E-state index in [1.807, 2.05) is 0 Å². The summed E-state index contributed by atoms with van der Waals surface area (Å²) in [5.74, 6) is 0.0366. The van der Waals surface area contributed by atoms with Gasteiger partial charge in [-0.3, -0.25) is 4.79 Å². The van der Waals surface area contributed by atoms with E-state index in [9.17, 15) is 4.79 Å². The molecule has 0 heterocycles. The van der Waals surface area contributed by atoms with Crippen molar-refractivity contribution < 1.29 is 4.79 Å². The summed E-state index contributed by atoms with van der Waals surface area (Å²) in [6.45, 7) is 12.4. The molecule has 0 unspecified atom stereocenters. The highest BCUT2D eigenvalue weighted by Crippen LogP contribution is 2.14. The fourth-order valence-corrected chi connectivity index (χ4v) is 1.65. The summed E-state index contributed by atoms with van der Waals surface area (Å²) >= 11 is 0. The first-order valence-corrected chi connectivity index (χ1v) is 6.08. The maximum Gasteiger partial charge on any atom is 0.216 e. The van der Waals surface area contributed by atoms with Crippen LogP contribution in [-0.4, -0.2) is 43.5 Å². The Morgan fingerprint density at radius 1 is 1.38 bits per heavy atom. The molecule has 0 spiro atoms. The van der Waals surface area contributed by atoms with Crippen molar-refractivity contribution in [3.05, 3.63) is 0 Å². The summed E-state index contributed by atoms with van der Waals surface area (Å²) in [6, 6.07) is 0. The quantitative estimate of drug-likeness (QED) is 0.648. The van der Waals surface area contributed by atoms with Crippen LogP contribution in [0.1, 0.15) is 34.1 Å². The molecule has 4 heteroatoms. The Kier molecular flexibility index (Phi) is 7.34. The predicted octanol–water partition coefficient (Wildman–Crippen LogP) is 0.819. The Balaban J connectivity index is 4.01. The molecule has 16 heavy (non-hydrogen) atoms. The van der Waals surface area contributed by atoms with Crippen molar-refractivity contribution >= 4 is 5.91 Å². The molecule has 0 saturated heterocycles. The monoisotopic (exact) mass is 229 g/mol. The lowest BCUT2D eigenvalue weighted by Crippen LogP contribution is -2.42. The third kappa shape index (κ3) is 7.65. The lowest BCUT2D eigenvalue weighted by atomic mass is 9.93. The second-order valence-corrected chi connectivity index (χ2v) is 5.13. The lowest BCUT2D eigenvalue weighted by molar-refractivity contribution is -0.119. The third-order valence-electron chi connectivity index (χ3n) is 2.55. The molecule has 0 fully saturated rings. The Labute approximate surface area is 99.6 Å². The molecule has 0 aliphatic heterocycles. The Morgan fingerprint density at radius 3 is 2.44 bits per heavy atom. The minimum atomic E-state index is 0.0366. The van der Waals surface area contributed by atoms with Gasteiger partial charge < -0.3 is 16.0 Å². The van der Waals surface area contributed by atoms with E-state index in [0.29, 0.717) is 6.54 Å². The molecule has 1 amide bonds. The molecule has 0 aromatic heterocycles. The summed E-state index contributed by atoms with van der Waals surface area (Å²) in [4.78, 5) is 13.1. The zero-order valence-electron chi connectivity index (χ0n) is 11.2. The zero-order valence-corrected chi connectivity index (χ0v) is 11.2. The highest BCUT2D eigenvalue weighted by Gasteiger charge is 2.19. The van der Waals surface area contributed by atoms with Crippen molar-refractivity contribution in [1.82, 2.24) is 10.2 Å². The van der Waals surface area contributed by atoms with Gasteiger partial charge in [0.05, 0.1) is 0 Å². The van der Waals surface area contributed by atoms with Gasteiger partial charge in [0.15, 0.2) is 0 Å². The van der Waals surface area contributed by atoms with Crippen molar-refractivity contribution in [3.63, 3.8) is 0 Å². The second-order valence-electron chi connectivity index (χ2n) is 5.13. The van der Waals surface area contributed by atoms with E-state index >= 15 is 0 Å². The first-order chi connectivity index (χ1) is 7.41. The van der Waals surface area contributed by atoms with E-state index in [1.54, 1.807) is 6.92 Å². The van der Waals surface area contributed by atoms with Gasteiger partial charge in [-0.15, -0.1) is 0 Å². The SMILES string of the molecule is CCCN(CCNC(C)=O)CC(C)(C)CN. The number of hydrogen-bond acceptors (Lipinski definition) is 3. The van der Waals surface area contributed by atoms with Crippen molar-refractivity contribution in [3.8, 4) is 0 Å². The number of nitrogens with one attached hydrogen (secondary N) is 1. The second kappa shape index (κ2) is 7.63. The average Bonchev–Trinajstić information content (AvgIpc) is 2.17. The van der Waals surface area contributed by atoms with Crippen molar-refractivity contribution in [2.45, 2.75) is 34.1 Å². The van der Waals surface area contributed by atoms with Gasteiger partial charge >= 0.3 is 0 Å². The van der Waals surface area contributed by atoms with E-state index in [4.69, 9.17) is 5.73 Å². The molecule has 0 aromatic carbocycles. The molecule has 96 valence electrons. The maximum atomic E-state index is 10.8.